The number of benzene rings is 2. The lowest BCUT2D eigenvalue weighted by molar-refractivity contribution is 0.417. The van der Waals surface area contributed by atoms with Gasteiger partial charge in [-0.25, -0.2) is 4.98 Å². The van der Waals surface area contributed by atoms with Gasteiger partial charge in [0.25, 0.3) is 0 Å². The first kappa shape index (κ1) is 18.5. The number of nitrogens with one attached hydrogen (secondary N) is 2. The van der Waals surface area contributed by atoms with Crippen molar-refractivity contribution in [1.29, 1.82) is 0 Å². The summed E-state index contributed by atoms with van der Waals surface area (Å²) in [5.74, 6) is 1.96. The maximum absolute atomic E-state index is 6.14. The first-order valence-electron chi connectivity index (χ1n) is 8.86. The molecule has 0 unspecified atom stereocenters. The molecule has 28 heavy (non-hydrogen) atoms. The zero-order valence-electron chi connectivity index (χ0n) is 15.3. The van der Waals surface area contributed by atoms with Crippen molar-refractivity contribution in [3.63, 3.8) is 0 Å². The predicted octanol–water partition coefficient (Wildman–Crippen LogP) is 5.75. The van der Waals surface area contributed by atoms with E-state index in [9.17, 15) is 0 Å². The number of hydrogen-bond donors (Lipinski definition) is 2. The Morgan fingerprint density at radius 2 is 1.96 bits per heavy atom. The van der Waals surface area contributed by atoms with Crippen molar-refractivity contribution >= 4 is 51.3 Å². The molecule has 2 heterocycles. The van der Waals surface area contributed by atoms with E-state index in [-0.39, 0.29) is 0 Å². The normalized spacial score (nSPS) is 10.8. The molecule has 2 aromatic heterocycles. The summed E-state index contributed by atoms with van der Waals surface area (Å²) in [6.07, 6.45) is 0.945. The molecule has 2 aromatic carbocycles. The smallest absolute Gasteiger partial charge is 0.229 e. The van der Waals surface area contributed by atoms with Crippen molar-refractivity contribution in [2.45, 2.75) is 6.42 Å². The third-order valence-corrected chi connectivity index (χ3v) is 5.43. The summed E-state index contributed by atoms with van der Waals surface area (Å²) in [5, 5.41) is 10.4. The van der Waals surface area contributed by atoms with E-state index < -0.39 is 0 Å². The van der Waals surface area contributed by atoms with Crippen molar-refractivity contribution in [3.8, 4) is 5.75 Å². The number of methoxy groups -OCH3 is 1. The van der Waals surface area contributed by atoms with Gasteiger partial charge in [-0.1, -0.05) is 29.8 Å². The molecule has 142 valence electrons. The monoisotopic (exact) mass is 410 g/mol. The highest BCUT2D eigenvalue weighted by molar-refractivity contribution is 7.09. The average molecular weight is 411 g/mol. The van der Waals surface area contributed by atoms with Crippen molar-refractivity contribution in [3.05, 3.63) is 69.9 Å². The van der Waals surface area contributed by atoms with Gasteiger partial charge in [0.2, 0.25) is 5.95 Å². The van der Waals surface area contributed by atoms with Crippen LogP contribution in [0.25, 0.3) is 10.9 Å². The molecule has 0 saturated heterocycles. The van der Waals surface area contributed by atoms with Gasteiger partial charge in [-0.3, -0.25) is 0 Å². The predicted molar refractivity (Wildman–Crippen MR) is 117 cm³/mol. The number of aromatic nitrogens is 2. The molecule has 0 bridgehead atoms. The van der Waals surface area contributed by atoms with Gasteiger partial charge in [0.1, 0.15) is 11.6 Å². The fourth-order valence-electron chi connectivity index (χ4n) is 2.92. The molecule has 0 aliphatic rings. The molecule has 0 atom stereocenters. The molecule has 4 rings (SSSR count). The van der Waals surface area contributed by atoms with Crippen molar-refractivity contribution in [2.24, 2.45) is 0 Å². The van der Waals surface area contributed by atoms with Crippen LogP contribution in [0.3, 0.4) is 0 Å². The van der Waals surface area contributed by atoms with Crippen LogP contribution in [0.4, 0.5) is 17.5 Å². The Hall–Kier alpha value is -2.83. The van der Waals surface area contributed by atoms with Crippen molar-refractivity contribution in [2.75, 3.05) is 24.3 Å². The van der Waals surface area contributed by atoms with Crippen LogP contribution >= 0.6 is 22.9 Å². The van der Waals surface area contributed by atoms with Gasteiger partial charge < -0.3 is 15.4 Å². The van der Waals surface area contributed by atoms with Gasteiger partial charge in [0, 0.05) is 21.8 Å². The van der Waals surface area contributed by atoms with Crippen LogP contribution in [-0.2, 0) is 6.42 Å². The largest absolute Gasteiger partial charge is 0.495 e. The van der Waals surface area contributed by atoms with Crippen LogP contribution in [0.2, 0.25) is 5.02 Å². The summed E-state index contributed by atoms with van der Waals surface area (Å²) in [6.45, 7) is 0.793. The third-order valence-electron chi connectivity index (χ3n) is 4.26. The Balaban J connectivity index is 1.63. The second-order valence-corrected chi connectivity index (χ2v) is 7.61. The lowest BCUT2D eigenvalue weighted by atomic mass is 10.2. The van der Waals surface area contributed by atoms with E-state index in [1.807, 2.05) is 30.3 Å². The van der Waals surface area contributed by atoms with Crippen LogP contribution in [0, 0.1) is 0 Å². The quantitative estimate of drug-likeness (QED) is 0.406. The van der Waals surface area contributed by atoms with E-state index in [0.717, 1.165) is 35.4 Å². The number of halogens is 1. The summed E-state index contributed by atoms with van der Waals surface area (Å²) in [5.41, 5.74) is 1.58. The van der Waals surface area contributed by atoms with Gasteiger partial charge >= 0.3 is 0 Å². The third kappa shape index (κ3) is 4.18. The molecule has 0 saturated carbocycles. The summed E-state index contributed by atoms with van der Waals surface area (Å²) in [6, 6.07) is 17.6. The Morgan fingerprint density at radius 3 is 2.79 bits per heavy atom. The van der Waals surface area contributed by atoms with Crippen LogP contribution in [-0.4, -0.2) is 23.6 Å². The van der Waals surface area contributed by atoms with Crippen LogP contribution in [0.15, 0.2) is 60.0 Å². The summed E-state index contributed by atoms with van der Waals surface area (Å²) < 4.78 is 5.41. The Morgan fingerprint density at radius 1 is 1.07 bits per heavy atom. The molecule has 0 fully saturated rings. The van der Waals surface area contributed by atoms with Crippen molar-refractivity contribution in [1.82, 2.24) is 9.97 Å². The molecule has 0 spiro atoms. The Bertz CT molecular complexity index is 1090. The minimum Gasteiger partial charge on any atom is -0.495 e. The highest BCUT2D eigenvalue weighted by Crippen LogP contribution is 2.31. The topological polar surface area (TPSA) is 59.1 Å². The number of hydrogen-bond acceptors (Lipinski definition) is 6. The number of anilines is 3. The summed E-state index contributed by atoms with van der Waals surface area (Å²) in [7, 11) is 1.62. The van der Waals surface area contributed by atoms with E-state index in [2.05, 4.69) is 33.1 Å². The SMILES string of the molecule is COc1ccc(Cl)cc1Nc1nc(NCCc2cccs2)c2ccccc2n1. The van der Waals surface area contributed by atoms with Crippen LogP contribution in [0.5, 0.6) is 5.75 Å². The van der Waals surface area contributed by atoms with E-state index in [1.165, 1.54) is 4.88 Å². The number of fused-ring (bicyclic) bond motifs is 1. The van der Waals surface area contributed by atoms with Gasteiger partial charge in [-0.15, -0.1) is 11.3 Å². The Labute approximate surface area is 172 Å². The maximum atomic E-state index is 6.14. The number of para-hydroxylation sites is 1. The van der Waals surface area contributed by atoms with E-state index in [4.69, 9.17) is 21.3 Å². The van der Waals surface area contributed by atoms with Crippen LogP contribution < -0.4 is 15.4 Å². The minimum absolute atomic E-state index is 0.484. The molecule has 0 amide bonds. The molecule has 5 nitrogen and oxygen atoms in total. The second-order valence-electron chi connectivity index (χ2n) is 6.14. The zero-order chi connectivity index (χ0) is 19.3. The molecular weight excluding hydrogens is 392 g/mol. The molecule has 0 aliphatic carbocycles. The molecule has 0 aliphatic heterocycles. The van der Waals surface area contributed by atoms with Crippen LogP contribution in [0.1, 0.15) is 4.88 Å². The van der Waals surface area contributed by atoms with E-state index in [0.29, 0.717) is 16.7 Å². The van der Waals surface area contributed by atoms with Gasteiger partial charge in [0.15, 0.2) is 0 Å². The molecule has 2 N–H and O–H groups in total. The second kappa shape index (κ2) is 8.46. The van der Waals surface area contributed by atoms with E-state index >= 15 is 0 Å². The fourth-order valence-corrected chi connectivity index (χ4v) is 3.81. The summed E-state index contributed by atoms with van der Waals surface area (Å²) in [4.78, 5) is 10.7. The van der Waals surface area contributed by atoms with Gasteiger partial charge in [-0.2, -0.15) is 4.98 Å². The highest BCUT2D eigenvalue weighted by Gasteiger charge is 2.10. The standard InChI is InChI=1S/C21H19ClN4OS/c1-27-19-9-8-14(22)13-18(19)25-21-24-17-7-3-2-6-16(17)20(26-21)23-11-10-15-5-4-12-28-15/h2-9,12-13H,10-11H2,1H3,(H2,23,24,25,26). The fraction of sp³-hybridized carbons (Fsp3) is 0.143. The van der Waals surface area contributed by atoms with E-state index in [1.54, 1.807) is 30.6 Å². The minimum atomic E-state index is 0.484. The number of rotatable bonds is 7. The molecule has 4 aromatic rings. The molecule has 0 radical (unpaired) electrons. The summed E-state index contributed by atoms with van der Waals surface area (Å²) >= 11 is 7.90. The Kier molecular flexibility index (Phi) is 5.60. The average Bonchev–Trinajstić information content (AvgIpc) is 3.22. The zero-order valence-corrected chi connectivity index (χ0v) is 16.8. The van der Waals surface area contributed by atoms with Gasteiger partial charge in [-0.05, 0) is 48.2 Å². The molecule has 7 heteroatoms. The number of nitrogens with zero attached hydrogens (tertiary/aromatic N) is 2. The number of thiophene rings is 1. The maximum Gasteiger partial charge on any atom is 0.229 e. The lowest BCUT2D eigenvalue weighted by Crippen LogP contribution is -2.08. The first-order valence-corrected chi connectivity index (χ1v) is 10.1. The molecular formula is C21H19ClN4OS. The number of ether oxygens (including phenoxy) is 1. The van der Waals surface area contributed by atoms with Crippen molar-refractivity contribution < 1.29 is 4.74 Å². The van der Waals surface area contributed by atoms with Gasteiger partial charge in [0.05, 0.1) is 18.3 Å². The lowest BCUT2D eigenvalue weighted by Gasteiger charge is -2.13. The highest BCUT2D eigenvalue weighted by atomic mass is 35.5. The first-order chi connectivity index (χ1) is 13.7.